The van der Waals surface area contributed by atoms with Crippen LogP contribution in [0, 0.1) is 19.7 Å². The summed E-state index contributed by atoms with van der Waals surface area (Å²) in [6.07, 6.45) is 1.81. The minimum Gasteiger partial charge on any atom is -0.285 e. The zero-order valence-electron chi connectivity index (χ0n) is 12.6. The number of nitrogens with zero attached hydrogens (tertiary/aromatic N) is 3. The van der Waals surface area contributed by atoms with Crippen molar-refractivity contribution in [3.63, 3.8) is 0 Å². The Labute approximate surface area is 133 Å². The third kappa shape index (κ3) is 2.95. The molecule has 0 radical (unpaired) electrons. The molecular formula is C15H15FN4O2S. The molecule has 1 N–H and O–H groups in total. The molecule has 0 spiro atoms. The van der Waals surface area contributed by atoms with Crippen molar-refractivity contribution in [1.82, 2.24) is 19.3 Å². The van der Waals surface area contributed by atoms with Gasteiger partial charge >= 0.3 is 0 Å². The van der Waals surface area contributed by atoms with Crippen LogP contribution in [0.1, 0.15) is 17.0 Å². The van der Waals surface area contributed by atoms with Gasteiger partial charge in [0.1, 0.15) is 10.7 Å². The quantitative estimate of drug-likeness (QED) is 0.791. The normalized spacial score (nSPS) is 12.0. The molecule has 0 amide bonds. The highest BCUT2D eigenvalue weighted by Crippen LogP contribution is 2.19. The van der Waals surface area contributed by atoms with Gasteiger partial charge in [-0.25, -0.2) is 17.5 Å². The number of benzene rings is 1. The first kappa shape index (κ1) is 15.6. The Morgan fingerprint density at radius 1 is 1.17 bits per heavy atom. The fraction of sp³-hybridized carbons (Fsp3) is 0.200. The van der Waals surface area contributed by atoms with Crippen molar-refractivity contribution < 1.29 is 12.8 Å². The number of halogens is 1. The second-order valence-corrected chi connectivity index (χ2v) is 6.97. The monoisotopic (exact) mass is 334 g/mol. The number of hydrogen-bond donors (Lipinski definition) is 1. The van der Waals surface area contributed by atoms with E-state index in [1.807, 2.05) is 19.2 Å². The molecule has 0 saturated carbocycles. The number of nitrogens with one attached hydrogen (secondary N) is 1. The topological polar surface area (TPSA) is 76.4 Å². The van der Waals surface area contributed by atoms with Gasteiger partial charge in [0.2, 0.25) is 10.0 Å². The summed E-state index contributed by atoms with van der Waals surface area (Å²) in [5.41, 5.74) is 1.96. The second-order valence-electron chi connectivity index (χ2n) is 5.26. The molecular weight excluding hydrogens is 319 g/mol. The number of rotatable bonds is 4. The molecule has 0 fully saturated rings. The van der Waals surface area contributed by atoms with E-state index in [2.05, 4.69) is 14.9 Å². The van der Waals surface area contributed by atoms with E-state index >= 15 is 0 Å². The van der Waals surface area contributed by atoms with E-state index in [1.54, 1.807) is 23.5 Å². The van der Waals surface area contributed by atoms with E-state index in [4.69, 9.17) is 0 Å². The fourth-order valence-electron chi connectivity index (χ4n) is 2.35. The van der Waals surface area contributed by atoms with Crippen LogP contribution in [-0.2, 0) is 16.6 Å². The number of aromatic nitrogens is 3. The summed E-state index contributed by atoms with van der Waals surface area (Å²) in [7, 11) is -3.98. The lowest BCUT2D eigenvalue weighted by atomic mass is 10.2. The molecule has 6 nitrogen and oxygen atoms in total. The third-order valence-electron chi connectivity index (χ3n) is 3.47. The maximum absolute atomic E-state index is 13.9. The summed E-state index contributed by atoms with van der Waals surface area (Å²) in [4.78, 5) is -0.343. The molecule has 0 aliphatic carbocycles. The Morgan fingerprint density at radius 3 is 2.70 bits per heavy atom. The van der Waals surface area contributed by atoms with Crippen LogP contribution in [0.15, 0.2) is 41.4 Å². The minimum atomic E-state index is -3.98. The Hall–Kier alpha value is -2.32. The first-order chi connectivity index (χ1) is 10.9. The van der Waals surface area contributed by atoms with Gasteiger partial charge in [-0.05, 0) is 37.1 Å². The van der Waals surface area contributed by atoms with Gasteiger partial charge in [0, 0.05) is 6.20 Å². The predicted octanol–water partition coefficient (Wildman–Crippen LogP) is 1.96. The number of pyridine rings is 1. The van der Waals surface area contributed by atoms with E-state index in [-0.39, 0.29) is 11.4 Å². The summed E-state index contributed by atoms with van der Waals surface area (Å²) in [6.45, 7) is 3.38. The van der Waals surface area contributed by atoms with Crippen LogP contribution in [0.2, 0.25) is 0 Å². The highest BCUT2D eigenvalue weighted by atomic mass is 32.2. The number of aryl methyl sites for hydroxylation is 2. The Balaban J connectivity index is 1.91. The highest BCUT2D eigenvalue weighted by molar-refractivity contribution is 7.89. The molecule has 120 valence electrons. The van der Waals surface area contributed by atoms with Gasteiger partial charge in [-0.15, -0.1) is 10.2 Å². The van der Waals surface area contributed by atoms with Gasteiger partial charge in [-0.1, -0.05) is 18.2 Å². The maximum atomic E-state index is 13.9. The van der Waals surface area contributed by atoms with Crippen LogP contribution in [0.4, 0.5) is 4.39 Å². The summed E-state index contributed by atoms with van der Waals surface area (Å²) >= 11 is 0. The third-order valence-corrected chi connectivity index (χ3v) is 5.05. The zero-order chi connectivity index (χ0) is 16.6. The molecule has 1 aromatic carbocycles. The Kier molecular flexibility index (Phi) is 3.87. The molecule has 3 aromatic rings. The van der Waals surface area contributed by atoms with Gasteiger partial charge in [0.25, 0.3) is 0 Å². The van der Waals surface area contributed by atoms with Crippen molar-refractivity contribution in [2.24, 2.45) is 0 Å². The highest BCUT2D eigenvalue weighted by Gasteiger charge is 2.22. The lowest BCUT2D eigenvalue weighted by Crippen LogP contribution is -2.26. The van der Waals surface area contributed by atoms with Gasteiger partial charge in [0.15, 0.2) is 11.5 Å². The largest absolute Gasteiger partial charge is 0.285 e. The zero-order valence-corrected chi connectivity index (χ0v) is 13.4. The molecule has 2 heterocycles. The van der Waals surface area contributed by atoms with Crippen molar-refractivity contribution >= 4 is 15.7 Å². The molecule has 23 heavy (non-hydrogen) atoms. The molecule has 3 rings (SSSR count). The van der Waals surface area contributed by atoms with Crippen LogP contribution in [0.5, 0.6) is 0 Å². The molecule has 0 saturated heterocycles. The van der Waals surface area contributed by atoms with Crippen molar-refractivity contribution in [2.45, 2.75) is 25.3 Å². The van der Waals surface area contributed by atoms with E-state index in [0.717, 1.165) is 11.6 Å². The smallest absolute Gasteiger partial charge is 0.244 e. The molecule has 0 bridgehead atoms. The first-order valence-corrected chi connectivity index (χ1v) is 8.42. The minimum absolute atomic E-state index is 0.0826. The van der Waals surface area contributed by atoms with Crippen molar-refractivity contribution in [3.8, 4) is 0 Å². The van der Waals surface area contributed by atoms with Gasteiger partial charge in [-0.2, -0.15) is 0 Å². The van der Waals surface area contributed by atoms with E-state index in [9.17, 15) is 12.8 Å². The van der Waals surface area contributed by atoms with Crippen LogP contribution < -0.4 is 4.72 Å². The maximum Gasteiger partial charge on any atom is 0.244 e. The average Bonchev–Trinajstić information content (AvgIpc) is 2.87. The van der Waals surface area contributed by atoms with E-state index in [0.29, 0.717) is 17.0 Å². The Morgan fingerprint density at radius 2 is 1.96 bits per heavy atom. The van der Waals surface area contributed by atoms with Crippen molar-refractivity contribution in [1.29, 1.82) is 0 Å². The average molecular weight is 334 g/mol. The number of sulfonamides is 1. The van der Waals surface area contributed by atoms with Crippen molar-refractivity contribution in [3.05, 3.63) is 59.3 Å². The first-order valence-electron chi connectivity index (χ1n) is 6.93. The van der Waals surface area contributed by atoms with Crippen LogP contribution >= 0.6 is 0 Å². The lowest BCUT2D eigenvalue weighted by molar-refractivity contribution is 0.553. The standard InChI is InChI=1S/C15H15FN4O2S/c1-10-6-7-13-18-19-14(20(13)9-10)8-17-23(21,22)15-11(2)4-3-5-12(15)16/h3-7,9,17H,8H2,1-2H3. The van der Waals surface area contributed by atoms with E-state index in [1.165, 1.54) is 6.07 Å². The van der Waals surface area contributed by atoms with E-state index < -0.39 is 15.8 Å². The molecule has 0 atom stereocenters. The van der Waals surface area contributed by atoms with Gasteiger partial charge in [-0.3, -0.25) is 4.40 Å². The molecule has 8 heteroatoms. The lowest BCUT2D eigenvalue weighted by Gasteiger charge is -2.09. The van der Waals surface area contributed by atoms with Crippen LogP contribution in [-0.4, -0.2) is 23.0 Å². The second kappa shape index (κ2) is 5.71. The predicted molar refractivity (Wildman–Crippen MR) is 82.9 cm³/mol. The summed E-state index contributed by atoms with van der Waals surface area (Å²) in [5.74, 6) is -0.347. The number of fused-ring (bicyclic) bond motifs is 1. The van der Waals surface area contributed by atoms with Crippen LogP contribution in [0.25, 0.3) is 5.65 Å². The van der Waals surface area contributed by atoms with Crippen LogP contribution in [0.3, 0.4) is 0 Å². The molecule has 0 aliphatic heterocycles. The molecule has 2 aromatic heterocycles. The fourth-order valence-corrected chi connectivity index (χ4v) is 3.63. The SMILES string of the molecule is Cc1ccc2nnc(CNS(=O)(=O)c3c(C)cccc3F)n2c1. The van der Waals surface area contributed by atoms with Crippen molar-refractivity contribution in [2.75, 3.05) is 0 Å². The summed E-state index contributed by atoms with van der Waals surface area (Å²) in [6, 6.07) is 7.82. The van der Waals surface area contributed by atoms with Gasteiger partial charge in [0.05, 0.1) is 6.54 Å². The number of hydrogen-bond acceptors (Lipinski definition) is 4. The molecule has 0 unspecified atom stereocenters. The Bertz CT molecular complexity index is 962. The summed E-state index contributed by atoms with van der Waals surface area (Å²) < 4.78 is 42.7. The van der Waals surface area contributed by atoms with Gasteiger partial charge < -0.3 is 0 Å². The molecule has 0 aliphatic rings. The summed E-state index contributed by atoms with van der Waals surface area (Å²) in [5, 5.41) is 7.94.